The molecule has 1 rings (SSSR count). The van der Waals surface area contributed by atoms with Gasteiger partial charge in [0.2, 0.25) is 0 Å². The van der Waals surface area contributed by atoms with Gasteiger partial charge in [-0.1, -0.05) is 49.6 Å². The molecule has 0 aliphatic heterocycles. The molecule has 0 atom stereocenters. The Balaban J connectivity index is 0.000000356. The van der Waals surface area contributed by atoms with Crippen LogP contribution < -0.4 is 0 Å². The van der Waals surface area contributed by atoms with Gasteiger partial charge < -0.3 is 4.74 Å². The maximum absolute atomic E-state index is 10.8. The van der Waals surface area contributed by atoms with Crippen molar-refractivity contribution >= 4 is 12.0 Å². The van der Waals surface area contributed by atoms with Crippen LogP contribution in [0.1, 0.15) is 12.5 Å². The largest absolute Gasteiger partial charge is 0.462 e. The smallest absolute Gasteiger partial charge is 0.337 e. The van der Waals surface area contributed by atoms with Crippen LogP contribution in [0.5, 0.6) is 0 Å². The highest BCUT2D eigenvalue weighted by molar-refractivity contribution is 5.90. The standard InChI is InChI=1S/C8H9NO2.C8H8/c1-3-11-8(10)7(2)5-4-6-9;1-2-8-6-4-3-5-7-8/h4-5H,2-3H2,1H3;2-7H,1H2. The quantitative estimate of drug-likeness (QED) is 0.358. The SMILES string of the molecule is C=C(C=CC#N)C(=O)OCC.C=Cc1ccccc1. The average molecular weight is 255 g/mol. The molecule has 3 heteroatoms. The zero-order valence-corrected chi connectivity index (χ0v) is 11.0. The predicted octanol–water partition coefficient (Wildman–Crippen LogP) is 3.52. The Kier molecular flexibility index (Phi) is 9.10. The van der Waals surface area contributed by atoms with Crippen molar-refractivity contribution in [3.63, 3.8) is 0 Å². The van der Waals surface area contributed by atoms with Crippen LogP contribution in [0.15, 0.2) is 61.2 Å². The molecule has 0 saturated carbocycles. The van der Waals surface area contributed by atoms with E-state index in [4.69, 9.17) is 5.26 Å². The summed E-state index contributed by atoms with van der Waals surface area (Å²) in [5.74, 6) is -0.487. The van der Waals surface area contributed by atoms with Gasteiger partial charge >= 0.3 is 5.97 Å². The maximum Gasteiger partial charge on any atom is 0.337 e. The Morgan fingerprint density at radius 2 is 2.05 bits per heavy atom. The fraction of sp³-hybridized carbons (Fsp3) is 0.125. The van der Waals surface area contributed by atoms with E-state index in [1.54, 1.807) is 13.0 Å². The molecule has 98 valence electrons. The van der Waals surface area contributed by atoms with E-state index in [9.17, 15) is 4.79 Å². The van der Waals surface area contributed by atoms with Crippen molar-refractivity contribution in [3.8, 4) is 6.07 Å². The Morgan fingerprint density at radius 1 is 1.42 bits per heavy atom. The molecule has 0 spiro atoms. The van der Waals surface area contributed by atoms with Gasteiger partial charge in [0.05, 0.1) is 18.2 Å². The summed E-state index contributed by atoms with van der Waals surface area (Å²) in [7, 11) is 0. The van der Waals surface area contributed by atoms with E-state index >= 15 is 0 Å². The lowest BCUT2D eigenvalue weighted by atomic mass is 10.2. The number of ether oxygens (including phenoxy) is 1. The summed E-state index contributed by atoms with van der Waals surface area (Å²) in [4.78, 5) is 10.8. The van der Waals surface area contributed by atoms with Crippen molar-refractivity contribution in [1.29, 1.82) is 5.26 Å². The van der Waals surface area contributed by atoms with Gasteiger partial charge in [0.25, 0.3) is 0 Å². The third-order valence-electron chi connectivity index (χ3n) is 1.93. The van der Waals surface area contributed by atoms with E-state index in [2.05, 4.69) is 17.9 Å². The molecule has 0 aromatic heterocycles. The van der Waals surface area contributed by atoms with E-state index < -0.39 is 5.97 Å². The third kappa shape index (κ3) is 8.17. The molecule has 0 fully saturated rings. The number of carbonyl (C=O) groups is 1. The van der Waals surface area contributed by atoms with Crippen LogP contribution in [0, 0.1) is 11.3 Å². The summed E-state index contributed by atoms with van der Waals surface area (Å²) in [6.07, 6.45) is 4.33. The van der Waals surface area contributed by atoms with Crippen LogP contribution in [-0.2, 0) is 9.53 Å². The highest BCUT2D eigenvalue weighted by Crippen LogP contribution is 1.97. The Bertz CT molecular complexity index is 481. The van der Waals surface area contributed by atoms with E-state index in [0.717, 1.165) is 0 Å². The molecule has 19 heavy (non-hydrogen) atoms. The minimum absolute atomic E-state index is 0.188. The van der Waals surface area contributed by atoms with Gasteiger partial charge in [-0.25, -0.2) is 4.79 Å². The van der Waals surface area contributed by atoms with Crippen LogP contribution in [0.2, 0.25) is 0 Å². The number of esters is 1. The van der Waals surface area contributed by atoms with E-state index in [1.165, 1.54) is 17.7 Å². The van der Waals surface area contributed by atoms with Crippen LogP contribution in [-0.4, -0.2) is 12.6 Å². The van der Waals surface area contributed by atoms with Gasteiger partial charge in [-0.15, -0.1) is 0 Å². The van der Waals surface area contributed by atoms with Crippen molar-refractivity contribution < 1.29 is 9.53 Å². The van der Waals surface area contributed by atoms with Gasteiger partial charge in [-0.3, -0.25) is 0 Å². The van der Waals surface area contributed by atoms with Crippen LogP contribution in [0.4, 0.5) is 0 Å². The first-order valence-electron chi connectivity index (χ1n) is 5.75. The zero-order valence-electron chi connectivity index (χ0n) is 11.0. The van der Waals surface area contributed by atoms with Gasteiger partial charge in [0.15, 0.2) is 0 Å². The number of allylic oxidation sites excluding steroid dienone is 1. The number of rotatable bonds is 4. The summed E-state index contributed by atoms with van der Waals surface area (Å²) in [6, 6.07) is 11.8. The average Bonchev–Trinajstić information content (AvgIpc) is 2.46. The van der Waals surface area contributed by atoms with Crippen molar-refractivity contribution in [2.75, 3.05) is 6.61 Å². The van der Waals surface area contributed by atoms with E-state index in [-0.39, 0.29) is 5.57 Å². The minimum Gasteiger partial charge on any atom is -0.462 e. The number of nitrogens with zero attached hydrogens (tertiary/aromatic N) is 1. The van der Waals surface area contributed by atoms with Gasteiger partial charge in [-0.2, -0.15) is 5.26 Å². The first kappa shape index (κ1) is 16.4. The normalized spacial score (nSPS) is 8.84. The monoisotopic (exact) mass is 255 g/mol. The van der Waals surface area contributed by atoms with Crippen molar-refractivity contribution in [3.05, 3.63) is 66.8 Å². The lowest BCUT2D eigenvalue weighted by Gasteiger charge is -1.98. The van der Waals surface area contributed by atoms with Crippen LogP contribution in [0.3, 0.4) is 0 Å². The third-order valence-corrected chi connectivity index (χ3v) is 1.93. The maximum atomic E-state index is 10.8. The summed E-state index contributed by atoms with van der Waals surface area (Å²) < 4.78 is 4.60. The lowest BCUT2D eigenvalue weighted by molar-refractivity contribution is -0.138. The fourth-order valence-electron chi connectivity index (χ4n) is 1.02. The second kappa shape index (κ2) is 10.5. The topological polar surface area (TPSA) is 50.1 Å². The lowest BCUT2D eigenvalue weighted by Crippen LogP contribution is -2.04. The molecule has 0 radical (unpaired) electrons. The van der Waals surface area contributed by atoms with Crippen LogP contribution >= 0.6 is 0 Å². The van der Waals surface area contributed by atoms with Gasteiger partial charge in [-0.05, 0) is 18.6 Å². The molecule has 1 aromatic carbocycles. The molecule has 0 aliphatic rings. The molecular weight excluding hydrogens is 238 g/mol. The molecule has 0 aliphatic carbocycles. The summed E-state index contributed by atoms with van der Waals surface area (Å²) in [6.45, 7) is 9.05. The number of hydrogen-bond donors (Lipinski definition) is 0. The Labute approximate surface area is 114 Å². The second-order valence-electron chi connectivity index (χ2n) is 3.32. The molecule has 0 saturated heterocycles. The highest BCUT2D eigenvalue weighted by Gasteiger charge is 2.01. The van der Waals surface area contributed by atoms with Crippen molar-refractivity contribution in [2.24, 2.45) is 0 Å². The molecule has 0 amide bonds. The Hall–Kier alpha value is -2.60. The molecular formula is C16H17NO2. The van der Waals surface area contributed by atoms with E-state index in [1.807, 2.05) is 36.4 Å². The summed E-state index contributed by atoms with van der Waals surface area (Å²) in [5.41, 5.74) is 1.36. The molecule has 0 bridgehead atoms. The fourth-order valence-corrected chi connectivity index (χ4v) is 1.02. The molecule has 0 unspecified atom stereocenters. The molecule has 1 aromatic rings. The second-order valence-corrected chi connectivity index (χ2v) is 3.32. The molecule has 0 N–H and O–H groups in total. The number of benzene rings is 1. The first-order chi connectivity index (χ1) is 9.15. The number of carbonyl (C=O) groups excluding carboxylic acids is 1. The number of nitriles is 1. The van der Waals surface area contributed by atoms with Gasteiger partial charge in [0.1, 0.15) is 0 Å². The Morgan fingerprint density at radius 3 is 2.47 bits per heavy atom. The first-order valence-corrected chi connectivity index (χ1v) is 5.75. The number of hydrogen-bond acceptors (Lipinski definition) is 3. The minimum atomic E-state index is -0.487. The van der Waals surface area contributed by atoms with Crippen molar-refractivity contribution in [2.45, 2.75) is 6.92 Å². The van der Waals surface area contributed by atoms with E-state index in [0.29, 0.717) is 6.61 Å². The zero-order chi connectivity index (χ0) is 14.5. The van der Waals surface area contributed by atoms with Crippen LogP contribution in [0.25, 0.3) is 6.08 Å². The molecule has 0 heterocycles. The van der Waals surface area contributed by atoms with Gasteiger partial charge in [0, 0.05) is 6.08 Å². The highest BCUT2D eigenvalue weighted by atomic mass is 16.5. The molecule has 3 nitrogen and oxygen atoms in total. The predicted molar refractivity (Wildman–Crippen MR) is 77.1 cm³/mol. The summed E-state index contributed by atoms with van der Waals surface area (Å²) in [5, 5.41) is 8.10. The summed E-state index contributed by atoms with van der Waals surface area (Å²) >= 11 is 0. The van der Waals surface area contributed by atoms with Crippen molar-refractivity contribution in [1.82, 2.24) is 0 Å².